The molecule has 204 valence electrons. The van der Waals surface area contributed by atoms with Crippen molar-refractivity contribution in [2.75, 3.05) is 21.3 Å². The van der Waals surface area contributed by atoms with E-state index in [1.165, 1.54) is 50.1 Å². The van der Waals surface area contributed by atoms with E-state index >= 15 is 0 Å². The Morgan fingerprint density at radius 1 is 0.650 bits per heavy atom. The summed E-state index contributed by atoms with van der Waals surface area (Å²) < 4.78 is 16.7. The third kappa shape index (κ3) is 4.81. The molecule has 0 saturated carbocycles. The molecule has 1 aliphatic rings. The summed E-state index contributed by atoms with van der Waals surface area (Å²) in [7, 11) is 5.16. The number of allylic oxidation sites excluding steroid dienone is 3. The van der Waals surface area contributed by atoms with Crippen molar-refractivity contribution in [3.63, 3.8) is 0 Å². The molecule has 0 spiro atoms. The molecule has 3 heteroatoms. The van der Waals surface area contributed by atoms with Gasteiger partial charge in [-0.05, 0) is 94.8 Å². The van der Waals surface area contributed by atoms with E-state index in [4.69, 9.17) is 14.2 Å². The normalized spacial score (nSPS) is 14.5. The van der Waals surface area contributed by atoms with Crippen LogP contribution >= 0.6 is 0 Å². The van der Waals surface area contributed by atoms with Crippen LogP contribution in [-0.2, 0) is 5.41 Å². The van der Waals surface area contributed by atoms with Crippen LogP contribution in [0.2, 0.25) is 0 Å². The third-order valence-corrected chi connectivity index (χ3v) is 8.11. The molecule has 0 amide bonds. The van der Waals surface area contributed by atoms with E-state index in [0.717, 1.165) is 17.2 Å². The van der Waals surface area contributed by atoms with Gasteiger partial charge in [0.1, 0.15) is 17.2 Å². The average molecular weight is 531 g/mol. The lowest BCUT2D eigenvalue weighted by Crippen LogP contribution is -2.25. The van der Waals surface area contributed by atoms with Crippen molar-refractivity contribution in [3.05, 3.63) is 142 Å². The molecule has 0 aromatic heterocycles. The maximum absolute atomic E-state index is 5.74. The van der Waals surface area contributed by atoms with E-state index in [9.17, 15) is 0 Å². The van der Waals surface area contributed by atoms with Crippen molar-refractivity contribution in [2.45, 2.75) is 39.0 Å². The van der Waals surface area contributed by atoms with Crippen LogP contribution in [0.25, 0.3) is 5.57 Å². The van der Waals surface area contributed by atoms with Gasteiger partial charge in [-0.1, -0.05) is 80.1 Å². The minimum absolute atomic E-state index is 0.0219. The maximum atomic E-state index is 5.74. The van der Waals surface area contributed by atoms with Crippen molar-refractivity contribution in [3.8, 4) is 17.2 Å². The quantitative estimate of drug-likeness (QED) is 0.228. The van der Waals surface area contributed by atoms with Crippen LogP contribution in [0.5, 0.6) is 17.2 Å². The van der Waals surface area contributed by atoms with Gasteiger partial charge < -0.3 is 14.2 Å². The largest absolute Gasteiger partial charge is 0.497 e. The van der Waals surface area contributed by atoms with E-state index in [1.54, 1.807) is 21.3 Å². The number of methoxy groups -OCH3 is 3. The fourth-order valence-corrected chi connectivity index (χ4v) is 6.29. The zero-order valence-corrected chi connectivity index (χ0v) is 24.5. The first-order valence-corrected chi connectivity index (χ1v) is 13.7. The molecule has 1 aliphatic carbocycles. The van der Waals surface area contributed by atoms with Gasteiger partial charge in [0.15, 0.2) is 0 Å². The van der Waals surface area contributed by atoms with Gasteiger partial charge in [-0.3, -0.25) is 0 Å². The fraction of sp³-hybridized carbons (Fsp3) is 0.243. The number of hydrogen-bond acceptors (Lipinski definition) is 3. The summed E-state index contributed by atoms with van der Waals surface area (Å²) in [6.07, 6.45) is 0. The summed E-state index contributed by atoms with van der Waals surface area (Å²) in [4.78, 5) is 0. The Hall–Kier alpha value is -4.24. The van der Waals surface area contributed by atoms with Gasteiger partial charge >= 0.3 is 0 Å². The monoisotopic (exact) mass is 530 g/mol. The van der Waals surface area contributed by atoms with Gasteiger partial charge in [0.05, 0.1) is 21.3 Å². The number of benzene rings is 4. The summed E-state index contributed by atoms with van der Waals surface area (Å²) >= 11 is 0. The van der Waals surface area contributed by atoms with Crippen molar-refractivity contribution in [1.29, 1.82) is 0 Å². The van der Waals surface area contributed by atoms with E-state index < -0.39 is 0 Å². The predicted octanol–water partition coefficient (Wildman–Crippen LogP) is 8.97. The smallest absolute Gasteiger partial charge is 0.119 e. The van der Waals surface area contributed by atoms with Crippen molar-refractivity contribution < 1.29 is 14.2 Å². The number of ether oxygens (including phenoxy) is 3. The van der Waals surface area contributed by atoms with Gasteiger partial charge in [-0.25, -0.2) is 0 Å². The molecule has 5 rings (SSSR count). The molecule has 4 aromatic carbocycles. The second-order valence-electron chi connectivity index (χ2n) is 11.0. The summed E-state index contributed by atoms with van der Waals surface area (Å²) in [5.74, 6) is 2.59. The highest BCUT2D eigenvalue weighted by atomic mass is 16.5. The number of hydrogen-bond donors (Lipinski definition) is 0. The zero-order chi connectivity index (χ0) is 28.4. The first-order chi connectivity index (χ1) is 19.3. The topological polar surface area (TPSA) is 27.7 Å². The summed E-state index contributed by atoms with van der Waals surface area (Å²) in [5, 5.41) is 0. The Labute approximate surface area is 238 Å². The van der Waals surface area contributed by atoms with Crippen LogP contribution in [-0.4, -0.2) is 21.3 Å². The van der Waals surface area contributed by atoms with Crippen LogP contribution in [0.3, 0.4) is 0 Å². The molecule has 40 heavy (non-hydrogen) atoms. The maximum Gasteiger partial charge on any atom is 0.119 e. The number of fused-ring (bicyclic) bond motifs is 1. The van der Waals surface area contributed by atoms with Gasteiger partial charge in [-0.15, -0.1) is 0 Å². The molecule has 0 aliphatic heterocycles. The zero-order valence-electron chi connectivity index (χ0n) is 24.5. The molecule has 1 atom stereocenters. The van der Waals surface area contributed by atoms with Crippen LogP contribution in [0.1, 0.15) is 61.4 Å². The highest BCUT2D eigenvalue weighted by Gasteiger charge is 2.40. The SMILES string of the molecule is COc1ccc([C@@H]2C(C(=C(C)C)C(C)(C)c3ccc(OC)cc3)=C(c3ccccc3)c3ccc(OC)cc32)cc1. The minimum atomic E-state index is -0.280. The van der Waals surface area contributed by atoms with Crippen LogP contribution in [0.15, 0.2) is 114 Å². The summed E-state index contributed by atoms with van der Waals surface area (Å²) in [6.45, 7) is 9.15. The molecule has 0 bridgehead atoms. The van der Waals surface area contributed by atoms with Crippen LogP contribution in [0, 0.1) is 0 Å². The molecular weight excluding hydrogens is 492 g/mol. The lowest BCUT2D eigenvalue weighted by atomic mass is 9.68. The molecule has 0 fully saturated rings. The third-order valence-electron chi connectivity index (χ3n) is 8.11. The van der Waals surface area contributed by atoms with E-state index in [-0.39, 0.29) is 11.3 Å². The second kappa shape index (κ2) is 11.1. The Morgan fingerprint density at radius 3 is 1.75 bits per heavy atom. The lowest BCUT2D eigenvalue weighted by Gasteiger charge is -2.35. The second-order valence-corrected chi connectivity index (χ2v) is 11.0. The Kier molecular flexibility index (Phi) is 7.58. The molecule has 0 heterocycles. The highest BCUT2D eigenvalue weighted by molar-refractivity contribution is 5.93. The first-order valence-electron chi connectivity index (χ1n) is 13.7. The Bertz CT molecular complexity index is 1550. The van der Waals surface area contributed by atoms with Crippen LogP contribution < -0.4 is 14.2 Å². The van der Waals surface area contributed by atoms with Gasteiger partial charge in [-0.2, -0.15) is 0 Å². The molecule has 4 aromatic rings. The summed E-state index contributed by atoms with van der Waals surface area (Å²) in [6, 6.07) is 34.3. The molecular formula is C37H38O3. The standard InChI is InChI=1S/C37H38O3/c1-24(2)36(37(3,4)27-15-19-29(39-6)20-16-27)35-33(25-11-9-8-10-12-25)31-22-21-30(40-7)23-32(31)34(35)26-13-17-28(38-5)18-14-26/h8-23,34H,1-7H3/t34-/m0/s1. The first kappa shape index (κ1) is 27.3. The summed E-state index contributed by atoms with van der Waals surface area (Å²) in [5.41, 5.74) is 11.1. The Balaban J connectivity index is 1.84. The van der Waals surface area contributed by atoms with Crippen molar-refractivity contribution in [2.24, 2.45) is 0 Å². The lowest BCUT2D eigenvalue weighted by molar-refractivity contribution is 0.414. The highest BCUT2D eigenvalue weighted by Crippen LogP contribution is 2.55. The fourth-order valence-electron chi connectivity index (χ4n) is 6.29. The average Bonchev–Trinajstić information content (AvgIpc) is 3.30. The Morgan fingerprint density at radius 2 is 1.20 bits per heavy atom. The van der Waals surface area contributed by atoms with E-state index in [0.29, 0.717) is 0 Å². The minimum Gasteiger partial charge on any atom is -0.497 e. The van der Waals surface area contributed by atoms with Crippen LogP contribution in [0.4, 0.5) is 0 Å². The van der Waals surface area contributed by atoms with Gasteiger partial charge in [0.25, 0.3) is 0 Å². The predicted molar refractivity (Wildman–Crippen MR) is 165 cm³/mol. The molecule has 0 unspecified atom stereocenters. The van der Waals surface area contributed by atoms with Crippen molar-refractivity contribution in [1.82, 2.24) is 0 Å². The van der Waals surface area contributed by atoms with E-state index in [2.05, 4.69) is 125 Å². The molecule has 3 nitrogen and oxygen atoms in total. The van der Waals surface area contributed by atoms with E-state index in [1.807, 2.05) is 0 Å². The molecule has 0 N–H and O–H groups in total. The molecule has 0 radical (unpaired) electrons. The molecule has 0 saturated heterocycles. The van der Waals surface area contributed by atoms with Crippen molar-refractivity contribution >= 4 is 5.57 Å². The number of rotatable bonds is 8. The van der Waals surface area contributed by atoms with Gasteiger partial charge in [0.2, 0.25) is 0 Å². The van der Waals surface area contributed by atoms with Gasteiger partial charge in [0, 0.05) is 11.3 Å².